The second-order valence-corrected chi connectivity index (χ2v) is 5.07. The fourth-order valence-electron chi connectivity index (χ4n) is 2.37. The Kier molecular flexibility index (Phi) is 3.12. The standard InChI is InChI=1S/C13H18N4O2/c1-17-9-16-11-10(17)2-5-14-12(11)15-8-13(18)3-6-19-7-4-13/h2,5,9,18H,3-4,6-8H2,1H3,(H,14,15). The minimum absolute atomic E-state index is 0.471. The van der Waals surface area contributed by atoms with E-state index in [1.165, 1.54) is 0 Å². The van der Waals surface area contributed by atoms with Gasteiger partial charge in [-0.3, -0.25) is 0 Å². The van der Waals surface area contributed by atoms with E-state index in [2.05, 4.69) is 15.3 Å². The van der Waals surface area contributed by atoms with Crippen LogP contribution in [0.3, 0.4) is 0 Å². The van der Waals surface area contributed by atoms with Crippen LogP contribution in [-0.2, 0) is 11.8 Å². The van der Waals surface area contributed by atoms with Crippen LogP contribution in [0.5, 0.6) is 0 Å². The molecule has 0 saturated carbocycles. The summed E-state index contributed by atoms with van der Waals surface area (Å²) >= 11 is 0. The topological polar surface area (TPSA) is 72.2 Å². The summed E-state index contributed by atoms with van der Waals surface area (Å²) < 4.78 is 7.22. The van der Waals surface area contributed by atoms with Gasteiger partial charge in [-0.2, -0.15) is 0 Å². The number of fused-ring (bicyclic) bond motifs is 1. The van der Waals surface area contributed by atoms with E-state index in [9.17, 15) is 5.11 Å². The number of aromatic nitrogens is 3. The summed E-state index contributed by atoms with van der Waals surface area (Å²) in [5.74, 6) is 0.720. The summed E-state index contributed by atoms with van der Waals surface area (Å²) in [6.07, 6.45) is 4.82. The first-order valence-electron chi connectivity index (χ1n) is 6.48. The maximum atomic E-state index is 10.4. The third kappa shape index (κ3) is 2.41. The Bertz CT molecular complexity index is 575. The van der Waals surface area contributed by atoms with E-state index in [4.69, 9.17) is 4.74 Å². The summed E-state index contributed by atoms with van der Waals surface area (Å²) in [6, 6.07) is 1.93. The van der Waals surface area contributed by atoms with E-state index >= 15 is 0 Å². The first-order chi connectivity index (χ1) is 9.18. The van der Waals surface area contributed by atoms with Crippen LogP contribution in [0.25, 0.3) is 11.0 Å². The molecule has 0 aliphatic carbocycles. The Balaban J connectivity index is 1.78. The molecule has 0 amide bonds. The maximum absolute atomic E-state index is 10.4. The van der Waals surface area contributed by atoms with Crippen molar-refractivity contribution in [3.8, 4) is 0 Å². The fourth-order valence-corrected chi connectivity index (χ4v) is 2.37. The SMILES string of the molecule is Cn1cnc2c(NCC3(O)CCOCC3)nccc21. The van der Waals surface area contributed by atoms with Gasteiger partial charge >= 0.3 is 0 Å². The second kappa shape index (κ2) is 4.79. The third-order valence-corrected chi connectivity index (χ3v) is 3.65. The van der Waals surface area contributed by atoms with Crippen LogP contribution in [0.15, 0.2) is 18.6 Å². The molecule has 19 heavy (non-hydrogen) atoms. The Hall–Kier alpha value is -1.66. The van der Waals surface area contributed by atoms with Crippen molar-refractivity contribution in [1.82, 2.24) is 14.5 Å². The molecule has 1 saturated heterocycles. The van der Waals surface area contributed by atoms with Crippen LogP contribution in [0.1, 0.15) is 12.8 Å². The van der Waals surface area contributed by atoms with Crippen LogP contribution in [0.2, 0.25) is 0 Å². The Morgan fingerprint density at radius 3 is 3.00 bits per heavy atom. The highest BCUT2D eigenvalue weighted by atomic mass is 16.5. The van der Waals surface area contributed by atoms with Crippen LogP contribution < -0.4 is 5.32 Å². The molecule has 6 nitrogen and oxygen atoms in total. The molecular weight excluding hydrogens is 244 g/mol. The van der Waals surface area contributed by atoms with E-state index in [1.807, 2.05) is 17.7 Å². The molecule has 0 bridgehead atoms. The molecule has 2 aromatic heterocycles. The highest BCUT2D eigenvalue weighted by molar-refractivity contribution is 5.85. The van der Waals surface area contributed by atoms with Gasteiger partial charge < -0.3 is 19.7 Å². The zero-order valence-corrected chi connectivity index (χ0v) is 11.0. The molecule has 3 heterocycles. The van der Waals surface area contributed by atoms with Gasteiger partial charge in [-0.25, -0.2) is 9.97 Å². The van der Waals surface area contributed by atoms with Crippen molar-refractivity contribution in [1.29, 1.82) is 0 Å². The smallest absolute Gasteiger partial charge is 0.154 e. The predicted octanol–water partition coefficient (Wildman–Crippen LogP) is 0.922. The van der Waals surface area contributed by atoms with Crippen molar-refractivity contribution in [2.24, 2.45) is 7.05 Å². The van der Waals surface area contributed by atoms with E-state index in [-0.39, 0.29) is 0 Å². The van der Waals surface area contributed by atoms with Crippen LogP contribution >= 0.6 is 0 Å². The summed E-state index contributed by atoms with van der Waals surface area (Å²) in [7, 11) is 1.95. The zero-order valence-electron chi connectivity index (χ0n) is 11.0. The van der Waals surface area contributed by atoms with Gasteiger partial charge in [0.25, 0.3) is 0 Å². The summed E-state index contributed by atoms with van der Waals surface area (Å²) in [5.41, 5.74) is 1.15. The monoisotopic (exact) mass is 262 g/mol. The minimum Gasteiger partial charge on any atom is -0.388 e. The van der Waals surface area contributed by atoms with Crippen molar-refractivity contribution in [3.05, 3.63) is 18.6 Å². The lowest BCUT2D eigenvalue weighted by Gasteiger charge is -2.32. The van der Waals surface area contributed by atoms with Gasteiger partial charge in [-0.15, -0.1) is 0 Å². The molecule has 2 aromatic rings. The summed E-state index contributed by atoms with van der Waals surface area (Å²) in [5, 5.41) is 13.6. The van der Waals surface area contributed by atoms with Gasteiger partial charge in [0.05, 0.1) is 17.4 Å². The number of hydrogen-bond donors (Lipinski definition) is 2. The lowest BCUT2D eigenvalue weighted by atomic mass is 9.94. The normalized spacial score (nSPS) is 18.6. The number of nitrogens with zero attached hydrogens (tertiary/aromatic N) is 3. The quantitative estimate of drug-likeness (QED) is 0.860. The molecule has 0 atom stereocenters. The van der Waals surface area contributed by atoms with Crippen molar-refractivity contribution < 1.29 is 9.84 Å². The molecule has 1 aliphatic heterocycles. The summed E-state index contributed by atoms with van der Waals surface area (Å²) in [4.78, 5) is 8.64. The van der Waals surface area contributed by atoms with E-state index in [0.29, 0.717) is 32.6 Å². The third-order valence-electron chi connectivity index (χ3n) is 3.65. The Morgan fingerprint density at radius 1 is 1.42 bits per heavy atom. The number of anilines is 1. The van der Waals surface area contributed by atoms with Crippen molar-refractivity contribution in [2.75, 3.05) is 25.1 Å². The first kappa shape index (κ1) is 12.4. The van der Waals surface area contributed by atoms with E-state index < -0.39 is 5.60 Å². The number of imidazole rings is 1. The van der Waals surface area contributed by atoms with Gasteiger partial charge in [0.15, 0.2) is 5.82 Å². The average Bonchev–Trinajstić information content (AvgIpc) is 2.80. The lowest BCUT2D eigenvalue weighted by Crippen LogP contribution is -2.42. The second-order valence-electron chi connectivity index (χ2n) is 5.07. The number of hydrogen-bond acceptors (Lipinski definition) is 5. The van der Waals surface area contributed by atoms with Crippen LogP contribution in [0.4, 0.5) is 5.82 Å². The Morgan fingerprint density at radius 2 is 2.21 bits per heavy atom. The number of nitrogens with one attached hydrogen (secondary N) is 1. The molecule has 3 rings (SSSR count). The van der Waals surface area contributed by atoms with Crippen molar-refractivity contribution in [2.45, 2.75) is 18.4 Å². The maximum Gasteiger partial charge on any atom is 0.154 e. The van der Waals surface area contributed by atoms with Gasteiger partial charge in [0, 0.05) is 45.8 Å². The average molecular weight is 262 g/mol. The highest BCUT2D eigenvalue weighted by Gasteiger charge is 2.29. The van der Waals surface area contributed by atoms with E-state index in [0.717, 1.165) is 16.9 Å². The number of rotatable bonds is 3. The van der Waals surface area contributed by atoms with E-state index in [1.54, 1.807) is 12.5 Å². The molecule has 2 N–H and O–H groups in total. The lowest BCUT2D eigenvalue weighted by molar-refractivity contribution is -0.0543. The Labute approximate surface area is 111 Å². The molecule has 0 aromatic carbocycles. The summed E-state index contributed by atoms with van der Waals surface area (Å²) in [6.45, 7) is 1.69. The number of aliphatic hydroxyl groups is 1. The fraction of sp³-hybridized carbons (Fsp3) is 0.538. The van der Waals surface area contributed by atoms with Gasteiger partial charge in [-0.1, -0.05) is 0 Å². The van der Waals surface area contributed by atoms with Crippen LogP contribution in [-0.4, -0.2) is 45.0 Å². The number of ether oxygens (including phenoxy) is 1. The molecule has 0 unspecified atom stereocenters. The van der Waals surface area contributed by atoms with Crippen molar-refractivity contribution >= 4 is 16.9 Å². The first-order valence-corrected chi connectivity index (χ1v) is 6.48. The predicted molar refractivity (Wildman–Crippen MR) is 72.0 cm³/mol. The van der Waals surface area contributed by atoms with Crippen LogP contribution in [0, 0.1) is 0 Å². The van der Waals surface area contributed by atoms with Gasteiger partial charge in [-0.05, 0) is 6.07 Å². The molecule has 0 spiro atoms. The zero-order chi connectivity index (χ0) is 13.3. The number of pyridine rings is 1. The molecule has 0 radical (unpaired) electrons. The highest BCUT2D eigenvalue weighted by Crippen LogP contribution is 2.23. The minimum atomic E-state index is -0.711. The van der Waals surface area contributed by atoms with Gasteiger partial charge in [0.1, 0.15) is 5.52 Å². The van der Waals surface area contributed by atoms with Crippen molar-refractivity contribution in [3.63, 3.8) is 0 Å². The molecule has 1 fully saturated rings. The molecule has 1 aliphatic rings. The largest absolute Gasteiger partial charge is 0.388 e. The van der Waals surface area contributed by atoms with Gasteiger partial charge in [0.2, 0.25) is 0 Å². The molecule has 6 heteroatoms. The molecular formula is C13H18N4O2. The number of aryl methyl sites for hydroxylation is 1. The molecule has 102 valence electrons.